The van der Waals surface area contributed by atoms with Gasteiger partial charge in [0.05, 0.1) is 19.2 Å². The van der Waals surface area contributed by atoms with E-state index >= 15 is 0 Å². The van der Waals surface area contributed by atoms with Gasteiger partial charge >= 0.3 is 0 Å². The van der Waals surface area contributed by atoms with Gasteiger partial charge in [0, 0.05) is 38.9 Å². The molecule has 1 atom stereocenters. The van der Waals surface area contributed by atoms with Gasteiger partial charge in [-0.1, -0.05) is 12.1 Å². The Labute approximate surface area is 206 Å². The van der Waals surface area contributed by atoms with Crippen molar-refractivity contribution in [3.63, 3.8) is 0 Å². The third-order valence-electron chi connectivity index (χ3n) is 5.86. The number of ether oxygens (including phenoxy) is 1. The Kier molecular flexibility index (Phi) is 8.85. The van der Waals surface area contributed by atoms with Crippen molar-refractivity contribution in [1.29, 1.82) is 0 Å². The van der Waals surface area contributed by atoms with Crippen LogP contribution in [0.1, 0.15) is 42.9 Å². The molecule has 0 aliphatic carbocycles. The number of aryl methyl sites for hydroxylation is 1. The Bertz CT molecular complexity index is 923. The molecule has 1 amide bonds. The van der Waals surface area contributed by atoms with Crippen molar-refractivity contribution in [2.75, 3.05) is 24.6 Å². The van der Waals surface area contributed by atoms with Crippen molar-refractivity contribution in [3.8, 4) is 0 Å². The zero-order valence-corrected chi connectivity index (χ0v) is 21.0. The minimum atomic E-state index is 0. The topological polar surface area (TPSA) is 96.7 Å². The van der Waals surface area contributed by atoms with Crippen LogP contribution in [0.3, 0.4) is 0 Å². The van der Waals surface area contributed by atoms with Crippen LogP contribution in [0.25, 0.3) is 0 Å². The Balaban J connectivity index is 0.00000289. The standard InChI is InChI=1S/C22H31N7O2.HI/c1-16-26-27-20(28(16)2)15-25-22(24-14-19-5-4-12-31-19)23-13-17-7-9-18(10-8-17)29-11-3-6-21(29)30;/h7-10,19H,3-6,11-15H2,1-2H3,(H2,23,24,25);1H. The minimum Gasteiger partial charge on any atom is -0.376 e. The summed E-state index contributed by atoms with van der Waals surface area (Å²) in [7, 11) is 1.95. The van der Waals surface area contributed by atoms with Gasteiger partial charge in [-0.05, 0) is 43.9 Å². The predicted molar refractivity (Wildman–Crippen MR) is 134 cm³/mol. The highest BCUT2D eigenvalue weighted by Crippen LogP contribution is 2.21. The number of benzene rings is 1. The average Bonchev–Trinajstić information content (AvgIpc) is 3.52. The van der Waals surface area contributed by atoms with Crippen LogP contribution >= 0.6 is 24.0 Å². The molecule has 0 bridgehead atoms. The van der Waals surface area contributed by atoms with E-state index in [2.05, 4.69) is 20.8 Å². The monoisotopic (exact) mass is 553 g/mol. The lowest BCUT2D eigenvalue weighted by molar-refractivity contribution is -0.117. The van der Waals surface area contributed by atoms with Crippen LogP contribution in [0.2, 0.25) is 0 Å². The second kappa shape index (κ2) is 11.6. The second-order valence-corrected chi connectivity index (χ2v) is 8.07. The van der Waals surface area contributed by atoms with Gasteiger partial charge in [0.15, 0.2) is 11.8 Å². The maximum Gasteiger partial charge on any atom is 0.227 e. The summed E-state index contributed by atoms with van der Waals surface area (Å²) >= 11 is 0. The van der Waals surface area contributed by atoms with Crippen molar-refractivity contribution in [1.82, 2.24) is 25.4 Å². The molecule has 2 fully saturated rings. The molecule has 1 aromatic carbocycles. The zero-order valence-electron chi connectivity index (χ0n) is 18.7. The lowest BCUT2D eigenvalue weighted by Gasteiger charge is -2.16. The molecule has 10 heteroatoms. The molecule has 2 N–H and O–H groups in total. The van der Waals surface area contributed by atoms with E-state index in [0.29, 0.717) is 19.5 Å². The predicted octanol–water partition coefficient (Wildman–Crippen LogP) is 2.28. The normalized spacial score (nSPS) is 18.7. The lowest BCUT2D eigenvalue weighted by atomic mass is 10.2. The number of rotatable bonds is 7. The molecule has 1 unspecified atom stereocenters. The van der Waals surface area contributed by atoms with E-state index in [-0.39, 0.29) is 36.0 Å². The highest BCUT2D eigenvalue weighted by Gasteiger charge is 2.21. The molecule has 2 aliphatic rings. The molecule has 9 nitrogen and oxygen atoms in total. The van der Waals surface area contributed by atoms with Gasteiger partial charge in [-0.3, -0.25) is 4.79 Å². The number of amides is 1. The number of nitrogens with one attached hydrogen (secondary N) is 2. The van der Waals surface area contributed by atoms with E-state index in [1.165, 1.54) is 0 Å². The summed E-state index contributed by atoms with van der Waals surface area (Å²) in [6, 6.07) is 8.08. The van der Waals surface area contributed by atoms with E-state index in [4.69, 9.17) is 9.73 Å². The van der Waals surface area contributed by atoms with E-state index in [1.807, 2.05) is 47.7 Å². The third-order valence-corrected chi connectivity index (χ3v) is 5.86. The molecule has 4 rings (SSSR count). The fraction of sp³-hybridized carbons (Fsp3) is 0.545. The van der Waals surface area contributed by atoms with Crippen LogP contribution in [-0.4, -0.2) is 52.4 Å². The first-order valence-electron chi connectivity index (χ1n) is 11.0. The summed E-state index contributed by atoms with van der Waals surface area (Å²) in [6.45, 7) is 5.35. The molecule has 0 spiro atoms. The number of hydrogen-bond donors (Lipinski definition) is 2. The summed E-state index contributed by atoms with van der Waals surface area (Å²) in [5.41, 5.74) is 2.05. The number of anilines is 1. The van der Waals surface area contributed by atoms with E-state index in [0.717, 1.165) is 67.8 Å². The first-order chi connectivity index (χ1) is 15.1. The number of carbonyl (C=O) groups excluding carboxylic acids is 1. The maximum atomic E-state index is 11.9. The van der Waals surface area contributed by atoms with Crippen molar-refractivity contribution in [3.05, 3.63) is 41.5 Å². The van der Waals surface area contributed by atoms with Crippen molar-refractivity contribution in [2.45, 2.75) is 51.8 Å². The molecule has 174 valence electrons. The molecule has 0 saturated carbocycles. The molecule has 2 aromatic rings. The van der Waals surface area contributed by atoms with Crippen molar-refractivity contribution in [2.24, 2.45) is 12.0 Å². The summed E-state index contributed by atoms with van der Waals surface area (Å²) in [4.78, 5) is 18.5. The number of carbonyl (C=O) groups is 1. The third kappa shape index (κ3) is 6.18. The number of aliphatic imine (C=N–C) groups is 1. The highest BCUT2D eigenvalue weighted by atomic mass is 127. The number of guanidine groups is 1. The van der Waals surface area contributed by atoms with Gasteiger partial charge in [-0.25, -0.2) is 4.99 Å². The summed E-state index contributed by atoms with van der Waals surface area (Å²) < 4.78 is 7.68. The first kappa shape index (κ1) is 24.4. The van der Waals surface area contributed by atoms with E-state index < -0.39 is 0 Å². The zero-order chi connectivity index (χ0) is 21.6. The van der Waals surface area contributed by atoms with Gasteiger partial charge in [-0.2, -0.15) is 0 Å². The molecule has 0 radical (unpaired) electrons. The van der Waals surface area contributed by atoms with E-state index in [9.17, 15) is 4.79 Å². The summed E-state index contributed by atoms with van der Waals surface area (Å²) in [6.07, 6.45) is 3.97. The fourth-order valence-electron chi connectivity index (χ4n) is 3.83. The second-order valence-electron chi connectivity index (χ2n) is 8.07. The van der Waals surface area contributed by atoms with Crippen LogP contribution in [0, 0.1) is 6.92 Å². The number of hydrogen-bond acceptors (Lipinski definition) is 5. The SMILES string of the molecule is Cc1nnc(CNC(=NCc2ccc(N3CCCC3=O)cc2)NCC2CCCO2)n1C.I. The summed E-state index contributed by atoms with van der Waals surface area (Å²) in [5, 5.41) is 15.1. The maximum absolute atomic E-state index is 11.9. The largest absolute Gasteiger partial charge is 0.376 e. The molecule has 2 aliphatic heterocycles. The van der Waals surface area contributed by atoms with Crippen LogP contribution < -0.4 is 15.5 Å². The van der Waals surface area contributed by atoms with Crippen molar-refractivity contribution >= 4 is 41.5 Å². The smallest absolute Gasteiger partial charge is 0.227 e. The first-order valence-corrected chi connectivity index (χ1v) is 11.0. The Morgan fingerprint density at radius 3 is 2.66 bits per heavy atom. The molecule has 32 heavy (non-hydrogen) atoms. The van der Waals surface area contributed by atoms with Gasteiger partial charge in [-0.15, -0.1) is 34.2 Å². The molecule has 1 aromatic heterocycles. The van der Waals surface area contributed by atoms with Gasteiger partial charge in [0.1, 0.15) is 5.82 Å². The van der Waals surface area contributed by atoms with Gasteiger partial charge in [0.2, 0.25) is 5.91 Å². The van der Waals surface area contributed by atoms with Crippen LogP contribution in [0.5, 0.6) is 0 Å². The fourth-order valence-corrected chi connectivity index (χ4v) is 3.83. The van der Waals surface area contributed by atoms with Crippen molar-refractivity contribution < 1.29 is 9.53 Å². The van der Waals surface area contributed by atoms with Crippen LogP contribution in [0.4, 0.5) is 5.69 Å². The number of nitrogens with zero attached hydrogens (tertiary/aromatic N) is 5. The quantitative estimate of drug-likeness (QED) is 0.311. The van der Waals surface area contributed by atoms with Gasteiger partial charge < -0.3 is 24.8 Å². The molecular weight excluding hydrogens is 521 g/mol. The summed E-state index contributed by atoms with van der Waals surface area (Å²) in [5.74, 6) is 2.65. The average molecular weight is 553 g/mol. The highest BCUT2D eigenvalue weighted by molar-refractivity contribution is 14.0. The Hall–Kier alpha value is -2.21. The Morgan fingerprint density at radius 2 is 2.03 bits per heavy atom. The minimum absolute atomic E-state index is 0. The number of aromatic nitrogens is 3. The van der Waals surface area contributed by atoms with Crippen LogP contribution in [0.15, 0.2) is 29.3 Å². The number of halogens is 1. The van der Waals surface area contributed by atoms with Crippen LogP contribution in [-0.2, 0) is 29.7 Å². The van der Waals surface area contributed by atoms with E-state index in [1.54, 1.807) is 0 Å². The molecule has 3 heterocycles. The van der Waals surface area contributed by atoms with Gasteiger partial charge in [0.25, 0.3) is 0 Å². The lowest BCUT2D eigenvalue weighted by Crippen LogP contribution is -2.41. The molecule has 2 saturated heterocycles. The molecular formula is C22H32IN7O2. The Morgan fingerprint density at radius 1 is 1.22 bits per heavy atom.